The van der Waals surface area contributed by atoms with Crippen LogP contribution in [0, 0.1) is 5.92 Å². The molecule has 0 aromatic carbocycles. The summed E-state index contributed by atoms with van der Waals surface area (Å²) in [5, 5.41) is 6.48. The average molecular weight is 313 g/mol. The second-order valence-corrected chi connectivity index (χ2v) is 6.04. The number of nitrogens with two attached hydrogens (primary N) is 1. The summed E-state index contributed by atoms with van der Waals surface area (Å²) in [6.45, 7) is 6.26. The van der Waals surface area contributed by atoms with Crippen molar-refractivity contribution < 1.29 is 14.3 Å². The minimum atomic E-state index is -0.534. The Bertz CT molecular complexity index is 526. The van der Waals surface area contributed by atoms with Crippen molar-refractivity contribution >= 4 is 33.9 Å². The first-order chi connectivity index (χ1) is 9.87. The fourth-order valence-electron chi connectivity index (χ4n) is 2.05. The van der Waals surface area contributed by atoms with Gasteiger partial charge in [-0.1, -0.05) is 20.8 Å². The number of amides is 1. The summed E-state index contributed by atoms with van der Waals surface area (Å²) in [6.07, 6.45) is 0.899. The molecule has 1 heterocycles. The highest BCUT2D eigenvalue weighted by Gasteiger charge is 2.27. The molecule has 1 aromatic heterocycles. The molecule has 21 heavy (non-hydrogen) atoms. The smallest absolute Gasteiger partial charge is 0.350 e. The molecule has 7 heteroatoms. The average Bonchev–Trinajstić information content (AvgIpc) is 2.79. The molecule has 0 radical (unpaired) electrons. The normalized spacial score (nSPS) is 12.1. The summed E-state index contributed by atoms with van der Waals surface area (Å²) in [5.41, 5.74) is 6.43. The van der Waals surface area contributed by atoms with Gasteiger partial charge in [0.05, 0.1) is 18.4 Å². The van der Waals surface area contributed by atoms with Crippen molar-refractivity contribution in [1.82, 2.24) is 5.32 Å². The zero-order valence-corrected chi connectivity index (χ0v) is 13.9. The van der Waals surface area contributed by atoms with Crippen molar-refractivity contribution in [3.8, 4) is 0 Å². The van der Waals surface area contributed by atoms with E-state index < -0.39 is 5.97 Å². The lowest BCUT2D eigenvalue weighted by Gasteiger charge is -2.21. The Hall–Kier alpha value is -1.76. The minimum absolute atomic E-state index is 0.160. The first-order valence-corrected chi connectivity index (χ1v) is 7.68. The van der Waals surface area contributed by atoms with E-state index in [-0.39, 0.29) is 22.5 Å². The van der Waals surface area contributed by atoms with E-state index in [2.05, 4.69) is 31.4 Å². The van der Waals surface area contributed by atoms with Gasteiger partial charge in [0, 0.05) is 13.1 Å². The van der Waals surface area contributed by atoms with Crippen LogP contribution in [0.4, 0.5) is 10.7 Å². The second-order valence-electron chi connectivity index (χ2n) is 5.02. The number of hydrogen-bond donors (Lipinski definition) is 3. The monoisotopic (exact) mass is 313 g/mol. The van der Waals surface area contributed by atoms with Crippen LogP contribution in [0.5, 0.6) is 0 Å². The summed E-state index contributed by atoms with van der Waals surface area (Å²) in [6, 6.07) is 0.192. The quantitative estimate of drug-likeness (QED) is 0.701. The Labute approximate surface area is 129 Å². The van der Waals surface area contributed by atoms with Gasteiger partial charge >= 0.3 is 5.97 Å². The van der Waals surface area contributed by atoms with E-state index in [9.17, 15) is 9.59 Å². The lowest BCUT2D eigenvalue weighted by atomic mass is 10.0. The predicted molar refractivity (Wildman–Crippen MR) is 86.0 cm³/mol. The summed E-state index contributed by atoms with van der Waals surface area (Å²) in [7, 11) is 2.82. The molecular weight excluding hydrogens is 290 g/mol. The van der Waals surface area contributed by atoms with Gasteiger partial charge in [-0.25, -0.2) is 4.79 Å². The fourth-order valence-corrected chi connectivity index (χ4v) is 3.15. The van der Waals surface area contributed by atoms with Crippen molar-refractivity contribution in [1.29, 1.82) is 0 Å². The van der Waals surface area contributed by atoms with E-state index in [1.807, 2.05) is 0 Å². The largest absolute Gasteiger partial charge is 0.465 e. The molecule has 4 N–H and O–H groups in total. The van der Waals surface area contributed by atoms with E-state index >= 15 is 0 Å². The van der Waals surface area contributed by atoms with Crippen molar-refractivity contribution in [2.24, 2.45) is 5.92 Å². The van der Waals surface area contributed by atoms with Crippen LogP contribution in [-0.4, -0.2) is 32.1 Å². The molecule has 0 saturated heterocycles. The third-order valence-electron chi connectivity index (χ3n) is 3.33. The lowest BCUT2D eigenvalue weighted by Crippen LogP contribution is -2.26. The molecule has 0 saturated carbocycles. The summed E-state index contributed by atoms with van der Waals surface area (Å²) < 4.78 is 4.71. The Kier molecular flexibility index (Phi) is 6.02. The van der Waals surface area contributed by atoms with Crippen molar-refractivity contribution in [2.75, 3.05) is 25.2 Å². The molecule has 1 rings (SSSR count). The molecule has 1 atom stereocenters. The van der Waals surface area contributed by atoms with Crippen LogP contribution in [-0.2, 0) is 4.74 Å². The molecule has 0 aliphatic carbocycles. The number of carbonyl (C=O) groups excluding carboxylic acids is 2. The van der Waals surface area contributed by atoms with Gasteiger partial charge in [-0.2, -0.15) is 0 Å². The number of nitrogen functional groups attached to an aromatic ring is 1. The zero-order chi connectivity index (χ0) is 16.2. The van der Waals surface area contributed by atoms with Gasteiger partial charge in [-0.15, -0.1) is 11.3 Å². The molecule has 0 bridgehead atoms. The number of hydrogen-bond acceptors (Lipinski definition) is 6. The highest BCUT2D eigenvalue weighted by atomic mass is 32.1. The van der Waals surface area contributed by atoms with E-state index in [4.69, 9.17) is 10.5 Å². The third-order valence-corrected chi connectivity index (χ3v) is 4.45. The maximum atomic E-state index is 12.0. The molecule has 0 spiro atoms. The van der Waals surface area contributed by atoms with Crippen molar-refractivity contribution in [3.63, 3.8) is 0 Å². The number of esters is 1. The van der Waals surface area contributed by atoms with Gasteiger partial charge in [-0.3, -0.25) is 4.79 Å². The summed E-state index contributed by atoms with van der Waals surface area (Å²) in [4.78, 5) is 24.0. The standard InChI is InChI=1S/C14H23N3O3S/c1-6-8(7(2)3)17-13-9(12(18)16-4)10(15)11(21-13)14(19)20-5/h7-8,17H,6,15H2,1-5H3,(H,16,18). The van der Waals surface area contributed by atoms with E-state index in [1.54, 1.807) is 0 Å². The van der Waals surface area contributed by atoms with Gasteiger partial charge in [0.1, 0.15) is 9.88 Å². The van der Waals surface area contributed by atoms with Crippen molar-refractivity contribution in [2.45, 2.75) is 33.2 Å². The van der Waals surface area contributed by atoms with Gasteiger partial charge in [-0.05, 0) is 12.3 Å². The number of methoxy groups -OCH3 is 1. The van der Waals surface area contributed by atoms with Gasteiger partial charge < -0.3 is 21.1 Å². The van der Waals surface area contributed by atoms with Crippen LogP contribution >= 0.6 is 11.3 Å². The van der Waals surface area contributed by atoms with Crippen molar-refractivity contribution in [3.05, 3.63) is 10.4 Å². The number of rotatable bonds is 6. The van der Waals surface area contributed by atoms with Crippen LogP contribution < -0.4 is 16.4 Å². The van der Waals surface area contributed by atoms with Crippen LogP contribution in [0.3, 0.4) is 0 Å². The van der Waals surface area contributed by atoms with Crippen LogP contribution in [0.15, 0.2) is 0 Å². The zero-order valence-electron chi connectivity index (χ0n) is 13.1. The number of nitrogens with one attached hydrogen (secondary N) is 2. The highest BCUT2D eigenvalue weighted by Crippen LogP contribution is 2.37. The number of thiophene rings is 1. The minimum Gasteiger partial charge on any atom is -0.465 e. The molecule has 6 nitrogen and oxygen atoms in total. The summed E-state index contributed by atoms with van der Waals surface area (Å²) >= 11 is 1.15. The van der Waals surface area contributed by atoms with Gasteiger partial charge in [0.15, 0.2) is 0 Å². The summed E-state index contributed by atoms with van der Waals surface area (Å²) in [5.74, 6) is -0.467. The van der Waals surface area contributed by atoms with E-state index in [0.717, 1.165) is 17.8 Å². The highest BCUT2D eigenvalue weighted by molar-refractivity contribution is 7.19. The molecule has 1 unspecified atom stereocenters. The van der Waals surface area contributed by atoms with Gasteiger partial charge in [0.25, 0.3) is 5.91 Å². The Morgan fingerprint density at radius 3 is 2.43 bits per heavy atom. The molecule has 0 aliphatic heterocycles. The second kappa shape index (κ2) is 7.31. The molecule has 1 aromatic rings. The number of anilines is 2. The molecule has 118 valence electrons. The Morgan fingerprint density at radius 2 is 2.00 bits per heavy atom. The Morgan fingerprint density at radius 1 is 1.38 bits per heavy atom. The Balaban J connectivity index is 3.29. The SMILES string of the molecule is CCC(Nc1sc(C(=O)OC)c(N)c1C(=O)NC)C(C)C. The third kappa shape index (κ3) is 3.66. The fraction of sp³-hybridized carbons (Fsp3) is 0.571. The molecule has 0 fully saturated rings. The first-order valence-electron chi connectivity index (χ1n) is 6.86. The number of ether oxygens (including phenoxy) is 1. The van der Waals surface area contributed by atoms with E-state index in [0.29, 0.717) is 16.5 Å². The lowest BCUT2D eigenvalue weighted by molar-refractivity contribution is 0.0607. The van der Waals surface area contributed by atoms with Crippen LogP contribution in [0.25, 0.3) is 0 Å². The number of carbonyl (C=O) groups is 2. The predicted octanol–water partition coefficient (Wildman–Crippen LogP) is 2.32. The van der Waals surface area contributed by atoms with Crippen LogP contribution in [0.2, 0.25) is 0 Å². The topological polar surface area (TPSA) is 93.4 Å². The maximum absolute atomic E-state index is 12.0. The van der Waals surface area contributed by atoms with Crippen LogP contribution in [0.1, 0.15) is 47.2 Å². The van der Waals surface area contributed by atoms with E-state index in [1.165, 1.54) is 14.2 Å². The molecular formula is C14H23N3O3S. The molecule has 0 aliphatic rings. The van der Waals surface area contributed by atoms with Gasteiger partial charge in [0.2, 0.25) is 0 Å². The maximum Gasteiger partial charge on any atom is 0.350 e. The molecule has 1 amide bonds. The first kappa shape index (κ1) is 17.3.